The average molecular weight is 333 g/mol. The Morgan fingerprint density at radius 1 is 1.12 bits per heavy atom. The molecular formula is C20H19N3O2. The summed E-state index contributed by atoms with van der Waals surface area (Å²) in [6, 6.07) is 17.7. The molecule has 0 bridgehead atoms. The zero-order valence-corrected chi connectivity index (χ0v) is 13.8. The molecule has 0 spiro atoms. The number of hydrogen-bond acceptors (Lipinski definition) is 3. The van der Waals surface area contributed by atoms with Gasteiger partial charge in [0, 0.05) is 18.7 Å². The van der Waals surface area contributed by atoms with Crippen molar-refractivity contribution in [2.24, 2.45) is 0 Å². The van der Waals surface area contributed by atoms with Gasteiger partial charge in [-0.1, -0.05) is 42.5 Å². The first kappa shape index (κ1) is 15.6. The van der Waals surface area contributed by atoms with Crippen molar-refractivity contribution in [1.29, 1.82) is 0 Å². The molecule has 126 valence electrons. The lowest BCUT2D eigenvalue weighted by Gasteiger charge is -2.25. The Labute approximate surface area is 145 Å². The highest BCUT2D eigenvalue weighted by Crippen LogP contribution is 2.26. The number of aromatic amines is 1. The topological polar surface area (TPSA) is 66.1 Å². The first-order valence-electron chi connectivity index (χ1n) is 8.56. The van der Waals surface area contributed by atoms with E-state index in [4.69, 9.17) is 0 Å². The summed E-state index contributed by atoms with van der Waals surface area (Å²) in [5.41, 5.74) is 1.26. The molecule has 4 rings (SSSR count). The molecule has 0 radical (unpaired) electrons. The Bertz CT molecular complexity index is 954. The van der Waals surface area contributed by atoms with E-state index in [2.05, 4.69) is 40.5 Å². The van der Waals surface area contributed by atoms with Crippen molar-refractivity contribution >= 4 is 16.7 Å². The molecule has 0 unspecified atom stereocenters. The lowest BCUT2D eigenvalue weighted by atomic mass is 9.97. The maximum atomic E-state index is 12.8. The number of H-pyrrole nitrogens is 1. The Kier molecular flexibility index (Phi) is 4.06. The van der Waals surface area contributed by atoms with Gasteiger partial charge >= 0.3 is 0 Å². The van der Waals surface area contributed by atoms with Crippen molar-refractivity contribution in [1.82, 2.24) is 15.1 Å². The maximum absolute atomic E-state index is 12.8. The third kappa shape index (κ3) is 3.05. The summed E-state index contributed by atoms with van der Waals surface area (Å²) >= 11 is 0. The van der Waals surface area contributed by atoms with E-state index in [1.54, 1.807) is 0 Å². The van der Waals surface area contributed by atoms with Crippen LogP contribution in [-0.2, 0) is 6.42 Å². The molecular weight excluding hydrogens is 314 g/mol. The van der Waals surface area contributed by atoms with Gasteiger partial charge in [-0.25, -0.2) is 5.10 Å². The van der Waals surface area contributed by atoms with E-state index in [0.29, 0.717) is 5.69 Å². The number of benzene rings is 2. The summed E-state index contributed by atoms with van der Waals surface area (Å²) in [6.45, 7) is 0.731. The predicted octanol–water partition coefficient (Wildman–Crippen LogP) is 2.77. The second-order valence-electron chi connectivity index (χ2n) is 6.44. The predicted molar refractivity (Wildman–Crippen MR) is 96.6 cm³/mol. The summed E-state index contributed by atoms with van der Waals surface area (Å²) in [7, 11) is 0. The van der Waals surface area contributed by atoms with E-state index in [1.807, 2.05) is 17.0 Å². The normalized spacial score (nSPS) is 17.1. The first-order chi connectivity index (χ1) is 12.2. The van der Waals surface area contributed by atoms with Crippen molar-refractivity contribution in [3.05, 3.63) is 76.2 Å². The molecule has 1 aromatic heterocycles. The fourth-order valence-corrected chi connectivity index (χ4v) is 3.65. The fraction of sp³-hybridized carbons (Fsp3) is 0.250. The summed E-state index contributed by atoms with van der Waals surface area (Å²) in [5, 5.41) is 8.69. The number of fused-ring (bicyclic) bond motifs is 1. The molecule has 1 amide bonds. The number of carbonyl (C=O) groups excluding carboxylic acids is 1. The van der Waals surface area contributed by atoms with E-state index in [-0.39, 0.29) is 17.5 Å². The Balaban J connectivity index is 1.60. The molecule has 1 atom stereocenters. The molecule has 1 fully saturated rings. The van der Waals surface area contributed by atoms with Gasteiger partial charge in [0.15, 0.2) is 0 Å². The van der Waals surface area contributed by atoms with Crippen LogP contribution in [0.3, 0.4) is 0 Å². The number of likely N-dealkylation sites (tertiary alicyclic amines) is 1. The van der Waals surface area contributed by atoms with Gasteiger partial charge in [-0.05, 0) is 41.7 Å². The maximum Gasteiger partial charge on any atom is 0.274 e. The summed E-state index contributed by atoms with van der Waals surface area (Å²) < 4.78 is 0. The SMILES string of the molecule is O=C(c1ccc(=O)[nH]n1)N1CCC[C@H]1Cc1cccc2ccccc12. The molecule has 5 heteroatoms. The lowest BCUT2D eigenvalue weighted by molar-refractivity contribution is 0.0729. The number of aromatic nitrogens is 2. The highest BCUT2D eigenvalue weighted by atomic mass is 16.2. The Hall–Kier alpha value is -2.95. The minimum Gasteiger partial charge on any atom is -0.334 e. The van der Waals surface area contributed by atoms with Crippen molar-refractivity contribution in [2.75, 3.05) is 6.54 Å². The van der Waals surface area contributed by atoms with Gasteiger partial charge < -0.3 is 4.90 Å². The van der Waals surface area contributed by atoms with Crippen LogP contribution in [0.15, 0.2) is 59.4 Å². The van der Waals surface area contributed by atoms with Gasteiger partial charge in [0.25, 0.3) is 11.5 Å². The number of carbonyl (C=O) groups is 1. The van der Waals surface area contributed by atoms with Gasteiger partial charge in [0.2, 0.25) is 0 Å². The minimum atomic E-state index is -0.301. The van der Waals surface area contributed by atoms with Gasteiger partial charge in [-0.15, -0.1) is 0 Å². The molecule has 1 aliphatic rings. The molecule has 2 heterocycles. The van der Waals surface area contributed by atoms with Crippen LogP contribution in [0.2, 0.25) is 0 Å². The van der Waals surface area contributed by atoms with Crippen molar-refractivity contribution in [3.8, 4) is 0 Å². The third-order valence-electron chi connectivity index (χ3n) is 4.87. The zero-order chi connectivity index (χ0) is 17.2. The summed E-state index contributed by atoms with van der Waals surface area (Å²) in [5.74, 6) is -0.112. The largest absolute Gasteiger partial charge is 0.334 e. The quantitative estimate of drug-likeness (QED) is 0.801. The van der Waals surface area contributed by atoms with Crippen molar-refractivity contribution in [2.45, 2.75) is 25.3 Å². The van der Waals surface area contributed by atoms with E-state index in [0.717, 1.165) is 25.8 Å². The molecule has 5 nitrogen and oxygen atoms in total. The number of nitrogens with one attached hydrogen (secondary N) is 1. The minimum absolute atomic E-state index is 0.112. The monoisotopic (exact) mass is 333 g/mol. The highest BCUT2D eigenvalue weighted by molar-refractivity contribution is 5.92. The second-order valence-corrected chi connectivity index (χ2v) is 6.44. The lowest BCUT2D eigenvalue weighted by Crippen LogP contribution is -2.37. The number of amides is 1. The molecule has 1 saturated heterocycles. The Morgan fingerprint density at radius 3 is 2.80 bits per heavy atom. The first-order valence-corrected chi connectivity index (χ1v) is 8.56. The average Bonchev–Trinajstić information content (AvgIpc) is 3.10. The number of nitrogens with zero attached hydrogens (tertiary/aromatic N) is 2. The van der Waals surface area contributed by atoms with Gasteiger partial charge in [0.1, 0.15) is 5.69 Å². The van der Waals surface area contributed by atoms with Crippen LogP contribution >= 0.6 is 0 Å². The molecule has 2 aromatic carbocycles. The van der Waals surface area contributed by atoms with E-state index >= 15 is 0 Å². The van der Waals surface area contributed by atoms with E-state index in [9.17, 15) is 9.59 Å². The van der Waals surface area contributed by atoms with Crippen LogP contribution in [-0.4, -0.2) is 33.6 Å². The molecule has 3 aromatic rings. The molecule has 25 heavy (non-hydrogen) atoms. The molecule has 1 aliphatic heterocycles. The zero-order valence-electron chi connectivity index (χ0n) is 13.8. The summed E-state index contributed by atoms with van der Waals surface area (Å²) in [4.78, 5) is 25.8. The van der Waals surface area contributed by atoms with Gasteiger partial charge in [-0.3, -0.25) is 9.59 Å². The molecule has 0 aliphatic carbocycles. The fourth-order valence-electron chi connectivity index (χ4n) is 3.65. The third-order valence-corrected chi connectivity index (χ3v) is 4.87. The van der Waals surface area contributed by atoms with Crippen LogP contribution < -0.4 is 5.56 Å². The van der Waals surface area contributed by atoms with Crippen molar-refractivity contribution in [3.63, 3.8) is 0 Å². The standard InChI is InChI=1S/C20H19N3O2/c24-19-11-10-18(21-22-19)20(25)23-12-4-8-16(23)13-15-7-3-6-14-5-1-2-9-17(14)15/h1-3,5-7,9-11,16H,4,8,12-13H2,(H,22,24)/t16-/m0/s1. The molecule has 0 saturated carbocycles. The van der Waals surface area contributed by atoms with Crippen LogP contribution in [0.1, 0.15) is 28.9 Å². The smallest absolute Gasteiger partial charge is 0.274 e. The molecule has 1 N–H and O–H groups in total. The van der Waals surface area contributed by atoms with Gasteiger partial charge in [0.05, 0.1) is 0 Å². The highest BCUT2D eigenvalue weighted by Gasteiger charge is 2.30. The van der Waals surface area contributed by atoms with Crippen LogP contribution in [0.4, 0.5) is 0 Å². The number of rotatable bonds is 3. The summed E-state index contributed by atoms with van der Waals surface area (Å²) in [6.07, 6.45) is 2.80. The van der Waals surface area contributed by atoms with Gasteiger partial charge in [-0.2, -0.15) is 5.10 Å². The van der Waals surface area contributed by atoms with Crippen LogP contribution in [0, 0.1) is 0 Å². The number of hydrogen-bond donors (Lipinski definition) is 1. The second kappa shape index (κ2) is 6.51. The van der Waals surface area contributed by atoms with E-state index in [1.165, 1.54) is 28.5 Å². The van der Waals surface area contributed by atoms with Crippen LogP contribution in [0.25, 0.3) is 10.8 Å². The van der Waals surface area contributed by atoms with Crippen LogP contribution in [0.5, 0.6) is 0 Å². The van der Waals surface area contributed by atoms with Crippen molar-refractivity contribution < 1.29 is 4.79 Å². The Morgan fingerprint density at radius 2 is 1.96 bits per heavy atom. The van der Waals surface area contributed by atoms with E-state index < -0.39 is 0 Å².